The third kappa shape index (κ3) is 1.52. The summed E-state index contributed by atoms with van der Waals surface area (Å²) in [6.07, 6.45) is 3.62. The molecule has 0 spiro atoms. The summed E-state index contributed by atoms with van der Waals surface area (Å²) in [6, 6.07) is 0. The molecular formula is C9H15N3O. The second-order valence-corrected chi connectivity index (χ2v) is 4.74. The summed E-state index contributed by atoms with van der Waals surface area (Å²) in [5.74, 6) is 1.18. The van der Waals surface area contributed by atoms with Gasteiger partial charge in [0.05, 0.1) is 6.10 Å². The van der Waals surface area contributed by atoms with Gasteiger partial charge in [0.1, 0.15) is 0 Å². The van der Waals surface area contributed by atoms with E-state index >= 15 is 0 Å². The molecule has 0 unspecified atom stereocenters. The number of hydrogen-bond acceptors (Lipinski definition) is 2. The van der Waals surface area contributed by atoms with E-state index in [0.717, 1.165) is 25.7 Å². The highest BCUT2D eigenvalue weighted by atomic mass is 16.3. The summed E-state index contributed by atoms with van der Waals surface area (Å²) < 4.78 is 0. The van der Waals surface area contributed by atoms with Crippen LogP contribution >= 0.6 is 0 Å². The molecule has 0 heterocycles. The molecule has 0 aliphatic heterocycles. The molecule has 0 aromatic carbocycles. The first-order chi connectivity index (χ1) is 6.13. The molecule has 2 rings (SSSR count). The minimum absolute atomic E-state index is 0.106. The van der Waals surface area contributed by atoms with Crippen LogP contribution in [0.3, 0.4) is 0 Å². The Morgan fingerprint density at radius 1 is 1.38 bits per heavy atom. The highest BCUT2D eigenvalue weighted by molar-refractivity contribution is 5.01. The Labute approximate surface area is 77.6 Å². The molecule has 2 saturated carbocycles. The van der Waals surface area contributed by atoms with Crippen LogP contribution in [0, 0.1) is 11.8 Å². The zero-order valence-corrected chi connectivity index (χ0v) is 7.85. The molecule has 0 amide bonds. The minimum Gasteiger partial charge on any atom is -0.393 e. The van der Waals surface area contributed by atoms with E-state index in [-0.39, 0.29) is 11.6 Å². The molecule has 72 valence electrons. The third-order valence-corrected chi connectivity index (χ3v) is 3.51. The lowest BCUT2D eigenvalue weighted by Crippen LogP contribution is -2.18. The highest BCUT2D eigenvalue weighted by Gasteiger charge is 2.46. The summed E-state index contributed by atoms with van der Waals surface area (Å²) in [6.45, 7) is 2.03. The normalized spacial score (nSPS) is 48.6. The monoisotopic (exact) mass is 181 g/mol. The van der Waals surface area contributed by atoms with Crippen LogP contribution in [0.15, 0.2) is 5.11 Å². The van der Waals surface area contributed by atoms with E-state index in [1.807, 2.05) is 6.92 Å². The van der Waals surface area contributed by atoms with Gasteiger partial charge in [0.25, 0.3) is 0 Å². The van der Waals surface area contributed by atoms with Crippen molar-refractivity contribution in [1.82, 2.24) is 0 Å². The molecule has 0 radical (unpaired) electrons. The van der Waals surface area contributed by atoms with Crippen molar-refractivity contribution in [1.29, 1.82) is 0 Å². The Bertz CT molecular complexity index is 246. The van der Waals surface area contributed by atoms with Crippen molar-refractivity contribution in [3.05, 3.63) is 10.4 Å². The van der Waals surface area contributed by atoms with E-state index in [2.05, 4.69) is 10.0 Å². The number of azide groups is 1. The number of hydrogen-bond donors (Lipinski definition) is 1. The number of aliphatic hydroxyl groups is 1. The average Bonchev–Trinajstić information content (AvgIpc) is 2.41. The van der Waals surface area contributed by atoms with Crippen LogP contribution in [-0.2, 0) is 0 Å². The summed E-state index contributed by atoms with van der Waals surface area (Å²) in [5.41, 5.74) is 8.24. The Morgan fingerprint density at radius 2 is 1.92 bits per heavy atom. The maximum Gasteiger partial charge on any atom is 0.0545 e. The van der Waals surface area contributed by atoms with Gasteiger partial charge < -0.3 is 5.11 Å². The van der Waals surface area contributed by atoms with Crippen LogP contribution in [-0.4, -0.2) is 16.7 Å². The van der Waals surface area contributed by atoms with Gasteiger partial charge in [0.15, 0.2) is 0 Å². The van der Waals surface area contributed by atoms with E-state index in [9.17, 15) is 5.11 Å². The molecule has 0 bridgehead atoms. The van der Waals surface area contributed by atoms with Crippen molar-refractivity contribution >= 4 is 0 Å². The maximum atomic E-state index is 9.43. The predicted molar refractivity (Wildman–Crippen MR) is 49.0 cm³/mol. The number of rotatable bonds is 1. The minimum atomic E-state index is -0.176. The molecular weight excluding hydrogens is 166 g/mol. The average molecular weight is 181 g/mol. The standard InChI is InChI=1S/C9H15N3O/c1-9(11-12-10)4-6-2-8(13)3-7(6)5-9/h6-8,13H,2-5H2,1H3/t6-,7+,8-,9-. The molecule has 2 aliphatic carbocycles. The van der Waals surface area contributed by atoms with Crippen molar-refractivity contribution < 1.29 is 5.11 Å². The SMILES string of the molecule is C[C@@]1(N=[N+]=[N-])C[C@H]2C[C@@H](O)C[C@H]2C1. The van der Waals surface area contributed by atoms with Crippen molar-refractivity contribution in [2.75, 3.05) is 0 Å². The van der Waals surface area contributed by atoms with E-state index in [1.54, 1.807) is 0 Å². The van der Waals surface area contributed by atoms with Gasteiger partial charge in [0.2, 0.25) is 0 Å². The lowest BCUT2D eigenvalue weighted by atomic mass is 9.97. The summed E-state index contributed by atoms with van der Waals surface area (Å²) in [7, 11) is 0. The van der Waals surface area contributed by atoms with Gasteiger partial charge in [-0.2, -0.15) is 0 Å². The number of aliphatic hydroxyl groups excluding tert-OH is 1. The quantitative estimate of drug-likeness (QED) is 0.376. The van der Waals surface area contributed by atoms with Crippen molar-refractivity contribution in [2.45, 2.75) is 44.2 Å². The summed E-state index contributed by atoms with van der Waals surface area (Å²) in [5, 5.41) is 13.3. The highest BCUT2D eigenvalue weighted by Crippen LogP contribution is 2.50. The second kappa shape index (κ2) is 2.89. The fourth-order valence-corrected chi connectivity index (χ4v) is 3.08. The largest absolute Gasteiger partial charge is 0.393 e. The fraction of sp³-hybridized carbons (Fsp3) is 1.00. The Morgan fingerprint density at radius 3 is 2.38 bits per heavy atom. The van der Waals surface area contributed by atoms with Gasteiger partial charge in [-0.05, 0) is 43.1 Å². The summed E-state index contributed by atoms with van der Waals surface area (Å²) >= 11 is 0. The second-order valence-electron chi connectivity index (χ2n) is 4.74. The van der Waals surface area contributed by atoms with Gasteiger partial charge in [-0.15, -0.1) is 0 Å². The van der Waals surface area contributed by atoms with Crippen molar-refractivity contribution in [3.8, 4) is 0 Å². The number of nitrogens with zero attached hydrogens (tertiary/aromatic N) is 3. The zero-order valence-electron chi connectivity index (χ0n) is 7.85. The molecule has 2 fully saturated rings. The molecule has 4 heteroatoms. The van der Waals surface area contributed by atoms with Gasteiger partial charge in [-0.1, -0.05) is 12.0 Å². The smallest absolute Gasteiger partial charge is 0.0545 e. The summed E-state index contributed by atoms with van der Waals surface area (Å²) in [4.78, 5) is 2.90. The van der Waals surface area contributed by atoms with Crippen molar-refractivity contribution in [3.63, 3.8) is 0 Å². The third-order valence-electron chi connectivity index (χ3n) is 3.51. The molecule has 4 atom stereocenters. The Kier molecular flexibility index (Phi) is 1.97. The Hall–Kier alpha value is -0.730. The van der Waals surface area contributed by atoms with E-state index in [0.29, 0.717) is 11.8 Å². The van der Waals surface area contributed by atoms with Gasteiger partial charge in [0, 0.05) is 10.5 Å². The van der Waals surface area contributed by atoms with Gasteiger partial charge >= 0.3 is 0 Å². The molecule has 13 heavy (non-hydrogen) atoms. The lowest BCUT2D eigenvalue weighted by Gasteiger charge is -2.17. The lowest BCUT2D eigenvalue weighted by molar-refractivity contribution is 0.167. The van der Waals surface area contributed by atoms with E-state index < -0.39 is 0 Å². The first-order valence-electron chi connectivity index (χ1n) is 4.87. The van der Waals surface area contributed by atoms with E-state index in [1.165, 1.54) is 0 Å². The first kappa shape index (κ1) is 8.85. The fourth-order valence-electron chi connectivity index (χ4n) is 3.08. The molecule has 0 saturated heterocycles. The van der Waals surface area contributed by atoms with Crippen LogP contribution in [0.4, 0.5) is 0 Å². The van der Waals surface area contributed by atoms with Crippen molar-refractivity contribution in [2.24, 2.45) is 17.0 Å². The molecule has 4 nitrogen and oxygen atoms in total. The molecule has 0 aromatic heterocycles. The Balaban J connectivity index is 2.08. The molecule has 2 aliphatic rings. The molecule has 0 aromatic rings. The van der Waals surface area contributed by atoms with Gasteiger partial charge in [-0.25, -0.2) is 0 Å². The first-order valence-corrected chi connectivity index (χ1v) is 4.87. The van der Waals surface area contributed by atoms with Crippen LogP contribution in [0.25, 0.3) is 10.4 Å². The van der Waals surface area contributed by atoms with Crippen LogP contribution in [0.2, 0.25) is 0 Å². The van der Waals surface area contributed by atoms with Crippen LogP contribution < -0.4 is 0 Å². The maximum absolute atomic E-state index is 9.43. The molecule has 1 N–H and O–H groups in total. The predicted octanol–water partition coefficient (Wildman–Crippen LogP) is 2.24. The zero-order chi connectivity index (χ0) is 9.47. The van der Waals surface area contributed by atoms with Gasteiger partial charge in [-0.3, -0.25) is 0 Å². The van der Waals surface area contributed by atoms with E-state index in [4.69, 9.17) is 5.53 Å². The topological polar surface area (TPSA) is 69.0 Å². The van der Waals surface area contributed by atoms with Crippen LogP contribution in [0.5, 0.6) is 0 Å². The van der Waals surface area contributed by atoms with Crippen LogP contribution in [0.1, 0.15) is 32.6 Å². The number of fused-ring (bicyclic) bond motifs is 1.